The zero-order chi connectivity index (χ0) is 26.8. The highest BCUT2D eigenvalue weighted by atomic mass is 19.1. The predicted molar refractivity (Wildman–Crippen MR) is 137 cm³/mol. The molecule has 0 unspecified atom stereocenters. The van der Waals surface area contributed by atoms with Crippen LogP contribution >= 0.6 is 0 Å². The molecule has 2 atom stereocenters. The molecule has 2 aliphatic rings. The molecule has 4 heterocycles. The van der Waals surface area contributed by atoms with Crippen LogP contribution in [-0.4, -0.2) is 54.0 Å². The monoisotopic (exact) mass is 523 g/mol. The minimum absolute atomic E-state index is 0.219. The summed E-state index contributed by atoms with van der Waals surface area (Å²) in [7, 11) is 0. The minimum Gasteiger partial charge on any atom is -0.492 e. The van der Waals surface area contributed by atoms with E-state index in [1.165, 1.54) is 6.07 Å². The number of piperidine rings is 1. The number of halogens is 2. The summed E-state index contributed by atoms with van der Waals surface area (Å²) in [6, 6.07) is 7.39. The third-order valence-electron chi connectivity index (χ3n) is 7.30. The number of aromatic nitrogens is 3. The van der Waals surface area contributed by atoms with E-state index in [-0.39, 0.29) is 11.5 Å². The Morgan fingerprint density at radius 1 is 1.18 bits per heavy atom. The van der Waals surface area contributed by atoms with E-state index in [9.17, 15) is 14.0 Å². The largest absolute Gasteiger partial charge is 0.492 e. The first kappa shape index (κ1) is 25.9. The van der Waals surface area contributed by atoms with Crippen LogP contribution in [0.1, 0.15) is 55.5 Å². The number of nitrogens with zero attached hydrogens (tertiary/aromatic N) is 6. The molecule has 0 amide bonds. The topological polar surface area (TPSA) is 117 Å². The first-order chi connectivity index (χ1) is 18.3. The Morgan fingerprint density at radius 2 is 1.97 bits per heavy atom. The second-order valence-corrected chi connectivity index (χ2v) is 10.3. The Balaban J connectivity index is 1.18. The van der Waals surface area contributed by atoms with Crippen molar-refractivity contribution in [2.24, 2.45) is 11.7 Å². The molecular formula is C27H31F2N7O2. The maximum atomic E-state index is 14.4. The molecule has 38 heavy (non-hydrogen) atoms. The van der Waals surface area contributed by atoms with Gasteiger partial charge in [-0.15, -0.1) is 0 Å². The number of hydrogen-bond acceptors (Lipinski definition) is 9. The first-order valence-corrected chi connectivity index (χ1v) is 12.9. The number of benzene rings is 1. The molecule has 200 valence electrons. The van der Waals surface area contributed by atoms with Gasteiger partial charge < -0.3 is 24.8 Å². The standard InChI is InChI=1S/C27H31F2N7O2/c1-16(2)25-33-27(38-34-25)35-7-5-17(6-8-35)15-37-20-9-18(11-30)26(32-12-20)36-13-22(24(31)14-36)21-10-19(28)3-4-23(21)29/h3-4,9-10,12,16-17,22,24H,5-8,13-15,31H2,1-2H3/t22-,24+/m1/s1. The zero-order valence-electron chi connectivity index (χ0n) is 21.5. The van der Waals surface area contributed by atoms with Crippen molar-refractivity contribution in [2.75, 3.05) is 42.6 Å². The van der Waals surface area contributed by atoms with Crippen molar-refractivity contribution in [1.82, 2.24) is 15.1 Å². The lowest BCUT2D eigenvalue weighted by Crippen LogP contribution is -2.35. The summed E-state index contributed by atoms with van der Waals surface area (Å²) in [5, 5.41) is 13.8. The minimum atomic E-state index is -0.509. The fraction of sp³-hybridized carbons (Fsp3) is 0.481. The molecule has 0 spiro atoms. The molecule has 11 heteroatoms. The molecule has 2 fully saturated rings. The van der Waals surface area contributed by atoms with Crippen LogP contribution in [0, 0.1) is 28.9 Å². The van der Waals surface area contributed by atoms with Gasteiger partial charge in [-0.1, -0.05) is 19.0 Å². The number of pyridine rings is 1. The number of nitriles is 1. The maximum Gasteiger partial charge on any atom is 0.324 e. The first-order valence-electron chi connectivity index (χ1n) is 12.9. The van der Waals surface area contributed by atoms with E-state index in [1.807, 2.05) is 18.7 Å². The SMILES string of the molecule is CC(C)c1noc(N2CCC(COc3cnc(N4C[C@H](c5cc(F)ccc5F)[C@@H](N)C4)c(C#N)c3)CC2)n1. The highest BCUT2D eigenvalue weighted by molar-refractivity contribution is 5.57. The van der Waals surface area contributed by atoms with Gasteiger partial charge in [0, 0.05) is 50.1 Å². The van der Waals surface area contributed by atoms with Crippen LogP contribution in [0.2, 0.25) is 0 Å². The molecule has 3 aromatic rings. The van der Waals surface area contributed by atoms with Crippen LogP contribution in [0.3, 0.4) is 0 Å². The van der Waals surface area contributed by atoms with Gasteiger partial charge in [0.15, 0.2) is 5.82 Å². The average Bonchev–Trinajstić information content (AvgIpc) is 3.56. The quantitative estimate of drug-likeness (QED) is 0.491. The van der Waals surface area contributed by atoms with Crippen molar-refractivity contribution in [3.05, 3.63) is 59.0 Å². The number of hydrogen-bond donors (Lipinski definition) is 1. The van der Waals surface area contributed by atoms with Crippen LogP contribution in [0.5, 0.6) is 5.75 Å². The fourth-order valence-electron chi connectivity index (χ4n) is 5.08. The summed E-state index contributed by atoms with van der Waals surface area (Å²) in [5.41, 5.74) is 6.88. The van der Waals surface area contributed by atoms with E-state index in [0.29, 0.717) is 54.6 Å². The summed E-state index contributed by atoms with van der Waals surface area (Å²) < 4.78 is 39.5. The zero-order valence-corrected chi connectivity index (χ0v) is 21.5. The van der Waals surface area contributed by atoms with Crippen molar-refractivity contribution < 1.29 is 18.0 Å². The Bertz CT molecular complexity index is 1320. The van der Waals surface area contributed by atoms with E-state index in [2.05, 4.69) is 26.1 Å². The van der Waals surface area contributed by atoms with Gasteiger partial charge in [0.25, 0.3) is 0 Å². The van der Waals surface area contributed by atoms with Crippen LogP contribution < -0.4 is 20.3 Å². The third-order valence-corrected chi connectivity index (χ3v) is 7.30. The molecule has 9 nitrogen and oxygen atoms in total. The number of rotatable bonds is 7. The summed E-state index contributed by atoms with van der Waals surface area (Å²) in [5.74, 6) is 0.844. The van der Waals surface area contributed by atoms with Gasteiger partial charge in [-0.05, 0) is 42.5 Å². The van der Waals surface area contributed by atoms with Crippen molar-refractivity contribution in [3.8, 4) is 11.8 Å². The smallest absolute Gasteiger partial charge is 0.324 e. The van der Waals surface area contributed by atoms with Crippen LogP contribution in [0.25, 0.3) is 0 Å². The molecule has 0 radical (unpaired) electrons. The van der Waals surface area contributed by atoms with Gasteiger partial charge in [0.2, 0.25) is 0 Å². The molecule has 2 saturated heterocycles. The number of anilines is 2. The van der Waals surface area contributed by atoms with Crippen molar-refractivity contribution in [2.45, 2.75) is 44.6 Å². The highest BCUT2D eigenvalue weighted by Gasteiger charge is 2.35. The van der Waals surface area contributed by atoms with Gasteiger partial charge in [0.05, 0.1) is 18.4 Å². The van der Waals surface area contributed by atoms with Crippen LogP contribution in [-0.2, 0) is 0 Å². The second-order valence-electron chi connectivity index (χ2n) is 10.3. The van der Waals surface area contributed by atoms with Crippen molar-refractivity contribution >= 4 is 11.8 Å². The third kappa shape index (κ3) is 5.41. The predicted octanol–water partition coefficient (Wildman–Crippen LogP) is 3.96. The molecule has 5 rings (SSSR count). The molecular weight excluding hydrogens is 492 g/mol. The van der Waals surface area contributed by atoms with E-state index in [1.54, 1.807) is 12.3 Å². The molecule has 2 aliphatic heterocycles. The van der Waals surface area contributed by atoms with Crippen LogP contribution in [0.15, 0.2) is 35.0 Å². The normalized spacial score (nSPS) is 20.2. The second kappa shape index (κ2) is 10.9. The lowest BCUT2D eigenvalue weighted by Gasteiger charge is -2.30. The van der Waals surface area contributed by atoms with Crippen molar-refractivity contribution in [1.29, 1.82) is 5.26 Å². The lowest BCUT2D eigenvalue weighted by atomic mass is 9.94. The Morgan fingerprint density at radius 3 is 2.68 bits per heavy atom. The molecule has 2 N–H and O–H groups in total. The highest BCUT2D eigenvalue weighted by Crippen LogP contribution is 2.33. The lowest BCUT2D eigenvalue weighted by molar-refractivity contribution is 0.219. The van der Waals surface area contributed by atoms with E-state index >= 15 is 0 Å². The van der Waals surface area contributed by atoms with E-state index in [0.717, 1.165) is 38.1 Å². The van der Waals surface area contributed by atoms with Gasteiger partial charge >= 0.3 is 6.01 Å². The van der Waals surface area contributed by atoms with Gasteiger partial charge in [-0.3, -0.25) is 0 Å². The van der Waals surface area contributed by atoms with E-state index in [4.69, 9.17) is 15.0 Å². The average molecular weight is 524 g/mol. The molecule has 0 bridgehead atoms. The summed E-state index contributed by atoms with van der Waals surface area (Å²) >= 11 is 0. The van der Waals surface area contributed by atoms with Gasteiger partial charge in [-0.25, -0.2) is 13.8 Å². The Hall–Kier alpha value is -3.78. The van der Waals surface area contributed by atoms with Gasteiger partial charge in [-0.2, -0.15) is 10.2 Å². The Kier molecular flexibility index (Phi) is 7.42. The number of ether oxygens (including phenoxy) is 1. The van der Waals surface area contributed by atoms with E-state index < -0.39 is 23.6 Å². The number of nitrogens with two attached hydrogens (primary N) is 1. The van der Waals surface area contributed by atoms with Crippen molar-refractivity contribution in [3.63, 3.8) is 0 Å². The molecule has 0 saturated carbocycles. The van der Waals surface area contributed by atoms with Gasteiger partial charge in [0.1, 0.15) is 29.3 Å². The molecule has 0 aliphatic carbocycles. The van der Waals surface area contributed by atoms with Crippen LogP contribution in [0.4, 0.5) is 20.6 Å². The Labute approximate surface area is 220 Å². The fourth-order valence-corrected chi connectivity index (χ4v) is 5.08. The molecule has 2 aromatic heterocycles. The summed E-state index contributed by atoms with van der Waals surface area (Å²) in [6.07, 6.45) is 3.43. The molecule has 1 aromatic carbocycles. The summed E-state index contributed by atoms with van der Waals surface area (Å²) in [4.78, 5) is 12.9. The summed E-state index contributed by atoms with van der Waals surface area (Å²) in [6.45, 7) is 6.88. The maximum absolute atomic E-state index is 14.4.